The molecule has 1 aliphatic rings. The Morgan fingerprint density at radius 3 is 2.45 bits per heavy atom. The number of carbonyl (C=O) groups is 1. The number of aromatic nitrogens is 2. The lowest BCUT2D eigenvalue weighted by Crippen LogP contribution is -2.44. The van der Waals surface area contributed by atoms with Gasteiger partial charge in [0.05, 0.1) is 0 Å². The SMILES string of the molecule is CN1CCN(c2ccc(C(=O)Cc3cc(-c4ccncc4)ccc3N)cn2)CC1. The van der Waals surface area contributed by atoms with E-state index in [1.165, 1.54) is 0 Å². The van der Waals surface area contributed by atoms with Gasteiger partial charge in [-0.25, -0.2) is 4.98 Å². The lowest BCUT2D eigenvalue weighted by Gasteiger charge is -2.33. The number of hydrogen-bond donors (Lipinski definition) is 1. The Kier molecular flexibility index (Phi) is 5.53. The van der Waals surface area contributed by atoms with Crippen LogP contribution in [-0.2, 0) is 6.42 Å². The van der Waals surface area contributed by atoms with Crippen molar-refractivity contribution in [2.75, 3.05) is 43.9 Å². The maximum absolute atomic E-state index is 12.8. The Balaban J connectivity index is 1.48. The third-order valence-corrected chi connectivity index (χ3v) is 5.40. The van der Waals surface area contributed by atoms with E-state index < -0.39 is 0 Å². The van der Waals surface area contributed by atoms with E-state index >= 15 is 0 Å². The van der Waals surface area contributed by atoms with Gasteiger partial charge in [0.2, 0.25) is 0 Å². The maximum Gasteiger partial charge on any atom is 0.168 e. The highest BCUT2D eigenvalue weighted by Gasteiger charge is 2.16. The summed E-state index contributed by atoms with van der Waals surface area (Å²) in [4.78, 5) is 26.0. The minimum absolute atomic E-state index is 0.0148. The topological polar surface area (TPSA) is 75.3 Å². The molecule has 1 saturated heterocycles. The minimum atomic E-state index is 0.0148. The van der Waals surface area contributed by atoms with Crippen molar-refractivity contribution in [3.8, 4) is 11.1 Å². The highest BCUT2D eigenvalue weighted by Crippen LogP contribution is 2.24. The summed E-state index contributed by atoms with van der Waals surface area (Å²) in [5.41, 5.74) is 10.3. The summed E-state index contributed by atoms with van der Waals surface area (Å²) >= 11 is 0. The number of piperazine rings is 1. The molecular formula is C23H25N5O. The first-order valence-electron chi connectivity index (χ1n) is 9.82. The largest absolute Gasteiger partial charge is 0.398 e. The number of hydrogen-bond acceptors (Lipinski definition) is 6. The summed E-state index contributed by atoms with van der Waals surface area (Å²) in [5, 5.41) is 0. The number of carbonyl (C=O) groups excluding carboxylic acids is 1. The van der Waals surface area contributed by atoms with Crippen molar-refractivity contribution in [3.63, 3.8) is 0 Å². The smallest absolute Gasteiger partial charge is 0.168 e. The number of nitrogens with zero attached hydrogens (tertiary/aromatic N) is 4. The second-order valence-electron chi connectivity index (χ2n) is 7.44. The summed E-state index contributed by atoms with van der Waals surface area (Å²) in [5.74, 6) is 0.940. The number of anilines is 2. The number of rotatable bonds is 5. The van der Waals surface area contributed by atoms with Crippen LogP contribution in [0.15, 0.2) is 61.1 Å². The third kappa shape index (κ3) is 4.43. The minimum Gasteiger partial charge on any atom is -0.398 e. The van der Waals surface area contributed by atoms with Gasteiger partial charge in [-0.05, 0) is 60.1 Å². The molecule has 1 aliphatic heterocycles. The molecule has 6 nitrogen and oxygen atoms in total. The molecule has 0 unspecified atom stereocenters. The van der Waals surface area contributed by atoms with Crippen LogP contribution in [0.1, 0.15) is 15.9 Å². The van der Waals surface area contributed by atoms with E-state index in [0.29, 0.717) is 11.3 Å². The van der Waals surface area contributed by atoms with Crippen LogP contribution in [0, 0.1) is 0 Å². The van der Waals surface area contributed by atoms with Gasteiger partial charge in [0.25, 0.3) is 0 Å². The Hall–Kier alpha value is -3.25. The average Bonchev–Trinajstić information content (AvgIpc) is 2.76. The van der Waals surface area contributed by atoms with Crippen molar-refractivity contribution >= 4 is 17.3 Å². The van der Waals surface area contributed by atoms with Crippen molar-refractivity contribution < 1.29 is 4.79 Å². The van der Waals surface area contributed by atoms with E-state index in [9.17, 15) is 4.79 Å². The summed E-state index contributed by atoms with van der Waals surface area (Å²) in [7, 11) is 2.13. The van der Waals surface area contributed by atoms with E-state index in [0.717, 1.165) is 48.7 Å². The molecule has 0 radical (unpaired) electrons. The predicted molar refractivity (Wildman–Crippen MR) is 116 cm³/mol. The van der Waals surface area contributed by atoms with Crippen LogP contribution < -0.4 is 10.6 Å². The molecule has 2 N–H and O–H groups in total. The normalized spacial score (nSPS) is 14.7. The van der Waals surface area contributed by atoms with E-state index in [2.05, 4.69) is 26.8 Å². The number of Topliss-reactive ketones (excluding diaryl/α,β-unsaturated/α-hetero) is 1. The fraction of sp³-hybridized carbons (Fsp3) is 0.261. The number of pyridine rings is 2. The lowest BCUT2D eigenvalue weighted by molar-refractivity contribution is 0.0993. The lowest BCUT2D eigenvalue weighted by atomic mass is 9.98. The Labute approximate surface area is 171 Å². The summed E-state index contributed by atoms with van der Waals surface area (Å²) in [6.45, 7) is 3.95. The highest BCUT2D eigenvalue weighted by atomic mass is 16.1. The van der Waals surface area contributed by atoms with Crippen LogP contribution in [0.4, 0.5) is 11.5 Å². The van der Waals surface area contributed by atoms with Gasteiger partial charge >= 0.3 is 0 Å². The number of nitrogens with two attached hydrogens (primary N) is 1. The number of ketones is 1. The first kappa shape index (κ1) is 19.1. The molecule has 0 spiro atoms. The molecule has 0 aliphatic carbocycles. The van der Waals surface area contributed by atoms with Crippen LogP contribution in [0.5, 0.6) is 0 Å². The fourth-order valence-corrected chi connectivity index (χ4v) is 3.53. The van der Waals surface area contributed by atoms with Crippen LogP contribution in [-0.4, -0.2) is 53.9 Å². The Morgan fingerprint density at radius 2 is 1.76 bits per heavy atom. The van der Waals surface area contributed by atoms with Crippen molar-refractivity contribution in [1.29, 1.82) is 0 Å². The zero-order valence-corrected chi connectivity index (χ0v) is 16.6. The molecule has 6 heteroatoms. The van der Waals surface area contributed by atoms with Crippen molar-refractivity contribution in [1.82, 2.24) is 14.9 Å². The quantitative estimate of drug-likeness (QED) is 0.536. The second-order valence-corrected chi connectivity index (χ2v) is 7.44. The van der Waals surface area contributed by atoms with Crippen LogP contribution >= 0.6 is 0 Å². The van der Waals surface area contributed by atoms with Crippen LogP contribution in [0.2, 0.25) is 0 Å². The molecule has 1 fully saturated rings. The van der Waals surface area contributed by atoms with E-state index in [4.69, 9.17) is 5.73 Å². The number of benzene rings is 1. The van der Waals surface area contributed by atoms with Gasteiger partial charge in [-0.1, -0.05) is 6.07 Å². The van der Waals surface area contributed by atoms with E-state index in [-0.39, 0.29) is 12.2 Å². The first-order chi connectivity index (χ1) is 14.1. The molecule has 3 heterocycles. The molecular weight excluding hydrogens is 362 g/mol. The van der Waals surface area contributed by atoms with E-state index in [1.54, 1.807) is 18.6 Å². The fourth-order valence-electron chi connectivity index (χ4n) is 3.53. The van der Waals surface area contributed by atoms with Crippen molar-refractivity contribution in [2.45, 2.75) is 6.42 Å². The second kappa shape index (κ2) is 8.41. The van der Waals surface area contributed by atoms with Gasteiger partial charge in [0.1, 0.15) is 5.82 Å². The zero-order chi connectivity index (χ0) is 20.2. The average molecular weight is 387 g/mol. The van der Waals surface area contributed by atoms with Gasteiger partial charge < -0.3 is 15.5 Å². The van der Waals surface area contributed by atoms with Gasteiger partial charge in [-0.2, -0.15) is 0 Å². The predicted octanol–water partition coefficient (Wildman–Crippen LogP) is 2.90. The van der Waals surface area contributed by atoms with Crippen LogP contribution in [0.3, 0.4) is 0 Å². The Bertz CT molecular complexity index is 980. The number of nitrogen functional groups attached to an aromatic ring is 1. The molecule has 0 atom stereocenters. The molecule has 148 valence electrons. The molecule has 0 amide bonds. The monoisotopic (exact) mass is 387 g/mol. The van der Waals surface area contributed by atoms with Crippen molar-refractivity contribution in [3.05, 3.63) is 72.2 Å². The van der Waals surface area contributed by atoms with Gasteiger partial charge in [0.15, 0.2) is 5.78 Å². The number of likely N-dealkylation sites (N-methyl/N-ethyl adjacent to an activating group) is 1. The van der Waals surface area contributed by atoms with Gasteiger partial charge in [-0.15, -0.1) is 0 Å². The molecule has 1 aromatic carbocycles. The van der Waals surface area contributed by atoms with Crippen molar-refractivity contribution in [2.24, 2.45) is 0 Å². The zero-order valence-electron chi connectivity index (χ0n) is 16.6. The molecule has 0 bridgehead atoms. The summed E-state index contributed by atoms with van der Waals surface area (Å²) in [6.07, 6.45) is 5.44. The van der Waals surface area contributed by atoms with Gasteiger partial charge in [0, 0.05) is 62.4 Å². The van der Waals surface area contributed by atoms with Crippen LogP contribution in [0.25, 0.3) is 11.1 Å². The molecule has 29 heavy (non-hydrogen) atoms. The summed E-state index contributed by atoms with van der Waals surface area (Å²) in [6, 6.07) is 13.5. The molecule has 4 rings (SSSR count). The first-order valence-corrected chi connectivity index (χ1v) is 9.82. The van der Waals surface area contributed by atoms with Gasteiger partial charge in [-0.3, -0.25) is 9.78 Å². The molecule has 3 aromatic rings. The molecule has 0 saturated carbocycles. The molecule has 2 aromatic heterocycles. The summed E-state index contributed by atoms with van der Waals surface area (Å²) < 4.78 is 0. The Morgan fingerprint density at radius 1 is 1.00 bits per heavy atom. The standard InChI is InChI=1S/C23H25N5O/c1-27-10-12-28(13-11-27)23-5-3-19(16-26-23)22(29)15-20-14-18(2-4-21(20)24)17-6-8-25-9-7-17/h2-9,14,16H,10-13,15,24H2,1H3. The maximum atomic E-state index is 12.8. The highest BCUT2D eigenvalue weighted by molar-refractivity contribution is 5.98. The third-order valence-electron chi connectivity index (χ3n) is 5.40. The van der Waals surface area contributed by atoms with E-state index in [1.807, 2.05) is 42.5 Å².